The molecule has 1 aliphatic heterocycles. The molecule has 1 heterocycles. The number of ether oxygens (including phenoxy) is 2. The molecule has 0 bridgehead atoms. The highest BCUT2D eigenvalue weighted by Gasteiger charge is 2.18. The molecule has 5 heteroatoms. The van der Waals surface area contributed by atoms with Crippen LogP contribution in [-0.2, 0) is 9.47 Å². The van der Waals surface area contributed by atoms with E-state index in [2.05, 4.69) is 14.6 Å². The quantitative estimate of drug-likeness (QED) is 0.618. The number of rotatable bonds is 2. The molecule has 11 heavy (non-hydrogen) atoms. The van der Waals surface area contributed by atoms with Gasteiger partial charge in [0.15, 0.2) is 0 Å². The Morgan fingerprint density at radius 2 is 2.64 bits per heavy atom. The predicted molar refractivity (Wildman–Crippen MR) is 43.4 cm³/mol. The lowest BCUT2D eigenvalue weighted by Gasteiger charge is -2.09. The van der Waals surface area contributed by atoms with Gasteiger partial charge >= 0.3 is 6.09 Å². The normalized spacial score (nSPS) is 23.2. The molecule has 1 amide bonds. The molecule has 0 aliphatic carbocycles. The third-order valence-electron chi connectivity index (χ3n) is 1.41. The molecule has 2 unspecified atom stereocenters. The fourth-order valence-electron chi connectivity index (χ4n) is 0.882. The zero-order valence-electron chi connectivity index (χ0n) is 6.21. The highest BCUT2D eigenvalue weighted by Crippen LogP contribution is 2.07. The van der Waals surface area contributed by atoms with Crippen LogP contribution in [0.5, 0.6) is 0 Å². The lowest BCUT2D eigenvalue weighted by Crippen LogP contribution is -2.27. The third-order valence-corrected chi connectivity index (χ3v) is 1.61. The van der Waals surface area contributed by atoms with Crippen LogP contribution in [0.4, 0.5) is 4.79 Å². The van der Waals surface area contributed by atoms with E-state index >= 15 is 0 Å². The van der Waals surface area contributed by atoms with Gasteiger partial charge in [-0.05, 0) is 0 Å². The molecule has 64 valence electrons. The molecule has 1 saturated heterocycles. The maximum Gasteiger partial charge on any atom is 0.407 e. The Labute approximate surface area is 67.8 Å². The van der Waals surface area contributed by atoms with Gasteiger partial charge in [-0.15, -0.1) is 9.24 Å². The summed E-state index contributed by atoms with van der Waals surface area (Å²) in [5.74, 6) is 0. The van der Waals surface area contributed by atoms with Crippen molar-refractivity contribution in [3.8, 4) is 0 Å². The molecule has 0 aromatic rings. The van der Waals surface area contributed by atoms with Crippen molar-refractivity contribution in [2.45, 2.75) is 12.5 Å². The Morgan fingerprint density at radius 3 is 3.18 bits per heavy atom. The molecule has 0 saturated carbocycles. The van der Waals surface area contributed by atoms with Gasteiger partial charge in [-0.25, -0.2) is 4.79 Å². The SMILES string of the molecule is O=C(NCP)OC1CCOC1. The molecular formula is C6H12NO3P. The maximum atomic E-state index is 10.8. The lowest BCUT2D eigenvalue weighted by atomic mass is 10.3. The van der Waals surface area contributed by atoms with Crippen molar-refractivity contribution < 1.29 is 14.3 Å². The lowest BCUT2D eigenvalue weighted by molar-refractivity contribution is 0.0843. The van der Waals surface area contributed by atoms with Crippen molar-refractivity contribution >= 4 is 15.3 Å². The van der Waals surface area contributed by atoms with Gasteiger partial charge in [0.2, 0.25) is 0 Å². The minimum absolute atomic E-state index is 0.0495. The Balaban J connectivity index is 2.13. The second kappa shape index (κ2) is 4.52. The van der Waals surface area contributed by atoms with Gasteiger partial charge in [-0.2, -0.15) is 0 Å². The van der Waals surface area contributed by atoms with Gasteiger partial charge in [0.25, 0.3) is 0 Å². The van der Waals surface area contributed by atoms with E-state index in [-0.39, 0.29) is 12.2 Å². The summed E-state index contributed by atoms with van der Waals surface area (Å²) in [6.45, 7) is 1.23. The van der Waals surface area contributed by atoms with E-state index in [1.165, 1.54) is 0 Å². The maximum absolute atomic E-state index is 10.8. The van der Waals surface area contributed by atoms with Crippen LogP contribution in [0.15, 0.2) is 0 Å². The van der Waals surface area contributed by atoms with Gasteiger partial charge in [0, 0.05) is 12.7 Å². The van der Waals surface area contributed by atoms with Crippen molar-refractivity contribution in [3.05, 3.63) is 0 Å². The third kappa shape index (κ3) is 3.04. The average Bonchev–Trinajstić information content (AvgIpc) is 2.40. The van der Waals surface area contributed by atoms with Gasteiger partial charge in [0.1, 0.15) is 6.10 Å². The van der Waals surface area contributed by atoms with Crippen molar-refractivity contribution in [2.24, 2.45) is 0 Å². The van der Waals surface area contributed by atoms with E-state index in [0.717, 1.165) is 6.42 Å². The van der Waals surface area contributed by atoms with Gasteiger partial charge in [-0.3, -0.25) is 0 Å². The first kappa shape index (κ1) is 8.75. The van der Waals surface area contributed by atoms with Gasteiger partial charge in [-0.1, -0.05) is 0 Å². The summed E-state index contributed by atoms with van der Waals surface area (Å²) in [7, 11) is 2.39. The minimum Gasteiger partial charge on any atom is -0.444 e. The summed E-state index contributed by atoms with van der Waals surface area (Å²) in [5.41, 5.74) is 0. The zero-order valence-corrected chi connectivity index (χ0v) is 7.36. The van der Waals surface area contributed by atoms with Crippen LogP contribution < -0.4 is 5.32 Å². The van der Waals surface area contributed by atoms with Crippen LogP contribution in [-0.4, -0.2) is 31.7 Å². The van der Waals surface area contributed by atoms with E-state index in [9.17, 15) is 4.79 Å². The van der Waals surface area contributed by atoms with Crippen LogP contribution in [0.25, 0.3) is 0 Å². The van der Waals surface area contributed by atoms with Gasteiger partial charge < -0.3 is 14.8 Å². The van der Waals surface area contributed by atoms with Crippen molar-refractivity contribution in [1.82, 2.24) is 5.32 Å². The molecule has 0 spiro atoms. The van der Waals surface area contributed by atoms with E-state index < -0.39 is 0 Å². The zero-order chi connectivity index (χ0) is 8.10. The Kier molecular flexibility index (Phi) is 3.60. The van der Waals surface area contributed by atoms with Crippen LogP contribution in [0.3, 0.4) is 0 Å². The summed E-state index contributed by atoms with van der Waals surface area (Å²) in [4.78, 5) is 10.8. The molecule has 1 rings (SSSR count). The number of amides is 1. The monoisotopic (exact) mass is 177 g/mol. The smallest absolute Gasteiger partial charge is 0.407 e. The number of alkyl carbamates (subject to hydrolysis) is 1. The molecule has 1 aliphatic rings. The number of nitrogens with one attached hydrogen (secondary N) is 1. The van der Waals surface area contributed by atoms with E-state index in [1.807, 2.05) is 0 Å². The molecule has 0 aromatic heterocycles. The summed E-state index contributed by atoms with van der Waals surface area (Å²) in [6.07, 6.45) is 0.915. The minimum atomic E-state index is -0.365. The molecule has 0 radical (unpaired) electrons. The predicted octanol–water partition coefficient (Wildman–Crippen LogP) is 0.334. The average molecular weight is 177 g/mol. The summed E-state index contributed by atoms with van der Waals surface area (Å²) in [5, 5.41) is 2.52. The van der Waals surface area contributed by atoms with E-state index in [4.69, 9.17) is 9.47 Å². The molecule has 0 aromatic carbocycles. The standard InChI is InChI=1S/C6H12NO3P/c8-6(7-4-11)10-5-1-2-9-3-5/h5H,1-4,11H2,(H,7,8). The fourth-order valence-corrected chi connectivity index (χ4v) is 1.05. The number of carbonyl (C=O) groups is 1. The molecular weight excluding hydrogens is 165 g/mol. The Morgan fingerprint density at radius 1 is 1.82 bits per heavy atom. The summed E-state index contributed by atoms with van der Waals surface area (Å²) in [6, 6.07) is 0. The largest absolute Gasteiger partial charge is 0.444 e. The van der Waals surface area contributed by atoms with Crippen LogP contribution in [0.1, 0.15) is 6.42 Å². The van der Waals surface area contributed by atoms with E-state index in [0.29, 0.717) is 19.5 Å². The Bertz CT molecular complexity index is 136. The number of carbonyl (C=O) groups excluding carboxylic acids is 1. The van der Waals surface area contributed by atoms with Crippen LogP contribution in [0.2, 0.25) is 0 Å². The summed E-state index contributed by atoms with van der Waals surface area (Å²) >= 11 is 0. The topological polar surface area (TPSA) is 47.6 Å². The summed E-state index contributed by atoms with van der Waals surface area (Å²) < 4.78 is 9.99. The second-order valence-electron chi connectivity index (χ2n) is 2.27. The number of hydrogen-bond acceptors (Lipinski definition) is 3. The highest BCUT2D eigenvalue weighted by atomic mass is 31.0. The van der Waals surface area contributed by atoms with Crippen LogP contribution >= 0.6 is 9.24 Å². The molecule has 1 N–H and O–H groups in total. The molecule has 2 atom stereocenters. The fraction of sp³-hybridized carbons (Fsp3) is 0.833. The second-order valence-corrected chi connectivity index (χ2v) is 2.68. The first-order valence-electron chi connectivity index (χ1n) is 3.55. The highest BCUT2D eigenvalue weighted by molar-refractivity contribution is 7.16. The molecule has 1 fully saturated rings. The first-order chi connectivity index (χ1) is 5.33. The van der Waals surface area contributed by atoms with Crippen molar-refractivity contribution in [1.29, 1.82) is 0 Å². The van der Waals surface area contributed by atoms with E-state index in [1.54, 1.807) is 0 Å². The molecule has 4 nitrogen and oxygen atoms in total. The van der Waals surface area contributed by atoms with Gasteiger partial charge in [0.05, 0.1) is 13.2 Å². The first-order valence-corrected chi connectivity index (χ1v) is 4.37. The van der Waals surface area contributed by atoms with Crippen LogP contribution in [0, 0.1) is 0 Å². The van der Waals surface area contributed by atoms with Crippen molar-refractivity contribution in [2.75, 3.05) is 19.5 Å². The Hall–Kier alpha value is -0.340. The van der Waals surface area contributed by atoms with Crippen molar-refractivity contribution in [3.63, 3.8) is 0 Å². The number of hydrogen-bond donors (Lipinski definition) is 1.